The molecular formula is C15H28N+. The fourth-order valence-corrected chi connectivity index (χ4v) is 2.34. The van der Waals surface area contributed by atoms with Crippen molar-refractivity contribution < 1.29 is 4.48 Å². The van der Waals surface area contributed by atoms with Crippen LogP contribution in [0.5, 0.6) is 0 Å². The molecule has 1 aliphatic rings. The quantitative estimate of drug-likeness (QED) is 0.431. The zero-order valence-corrected chi connectivity index (χ0v) is 11.3. The van der Waals surface area contributed by atoms with Gasteiger partial charge in [-0.05, 0) is 19.3 Å². The molecule has 92 valence electrons. The van der Waals surface area contributed by atoms with Gasteiger partial charge >= 0.3 is 0 Å². The summed E-state index contributed by atoms with van der Waals surface area (Å²) in [5, 5.41) is 0. The second-order valence-electron chi connectivity index (χ2n) is 5.65. The maximum absolute atomic E-state index is 2.36. The highest BCUT2D eigenvalue weighted by Gasteiger charge is 2.16. The van der Waals surface area contributed by atoms with E-state index < -0.39 is 0 Å². The molecule has 0 bridgehead atoms. The maximum Gasteiger partial charge on any atom is 0.104 e. The minimum absolute atomic E-state index is 1.14. The predicted octanol–water partition coefficient (Wildman–Crippen LogP) is 3.92. The third kappa shape index (κ3) is 5.50. The molecule has 0 aliphatic heterocycles. The third-order valence-electron chi connectivity index (χ3n) is 3.33. The molecule has 0 aromatic heterocycles. The van der Waals surface area contributed by atoms with Crippen molar-refractivity contribution in [3.05, 3.63) is 23.8 Å². The van der Waals surface area contributed by atoms with Crippen molar-refractivity contribution in [1.82, 2.24) is 0 Å². The molecule has 1 heteroatoms. The normalized spacial score (nSPS) is 15.6. The predicted molar refractivity (Wildman–Crippen MR) is 72.4 cm³/mol. The summed E-state index contributed by atoms with van der Waals surface area (Å²) in [7, 11) is 4.71. The highest BCUT2D eigenvalue weighted by molar-refractivity contribution is 5.26. The molecule has 0 aromatic rings. The van der Waals surface area contributed by atoms with Crippen LogP contribution in [0.2, 0.25) is 0 Å². The first kappa shape index (κ1) is 13.5. The number of hydrogen-bond donors (Lipinski definition) is 0. The zero-order chi connectivity index (χ0) is 11.9. The summed E-state index contributed by atoms with van der Waals surface area (Å²) in [4.78, 5) is 0. The van der Waals surface area contributed by atoms with Gasteiger partial charge < -0.3 is 4.48 Å². The number of quaternary nitrogens is 1. The highest BCUT2D eigenvalue weighted by atomic mass is 15.3. The fourth-order valence-electron chi connectivity index (χ4n) is 2.34. The largest absolute Gasteiger partial charge is 0.325 e. The number of hydrogen-bond acceptors (Lipinski definition) is 0. The van der Waals surface area contributed by atoms with E-state index in [1.165, 1.54) is 50.8 Å². The van der Waals surface area contributed by atoms with Crippen LogP contribution in [0.4, 0.5) is 0 Å². The van der Waals surface area contributed by atoms with Gasteiger partial charge in [-0.1, -0.05) is 44.4 Å². The van der Waals surface area contributed by atoms with Gasteiger partial charge in [0.1, 0.15) is 6.54 Å². The first-order chi connectivity index (χ1) is 7.64. The van der Waals surface area contributed by atoms with Crippen molar-refractivity contribution in [1.29, 1.82) is 0 Å². The second kappa shape index (κ2) is 6.90. The van der Waals surface area contributed by atoms with E-state index in [0.717, 1.165) is 10.9 Å². The molecule has 0 amide bonds. The number of rotatable bonds is 8. The molecule has 1 nitrogen and oxygen atoms in total. The Morgan fingerprint density at radius 2 is 1.88 bits per heavy atom. The summed E-state index contributed by atoms with van der Waals surface area (Å²) in [6.45, 7) is 4.79. The van der Waals surface area contributed by atoms with Gasteiger partial charge in [-0.25, -0.2) is 0 Å². The molecule has 0 saturated carbocycles. The molecule has 0 spiro atoms. The Balaban J connectivity index is 2.15. The molecule has 0 N–H and O–H groups in total. The Hall–Kier alpha value is -0.560. The molecule has 0 fully saturated rings. The lowest BCUT2D eigenvalue weighted by Crippen LogP contribution is -2.41. The lowest BCUT2D eigenvalue weighted by Gasteiger charge is -2.30. The Kier molecular flexibility index (Phi) is 5.83. The number of nitrogens with zero attached hydrogens (tertiary/aromatic N) is 1. The average Bonchev–Trinajstić information content (AvgIpc) is 2.69. The van der Waals surface area contributed by atoms with E-state index in [2.05, 4.69) is 39.2 Å². The van der Waals surface area contributed by atoms with Gasteiger partial charge in [-0.2, -0.15) is 0 Å². The molecule has 16 heavy (non-hydrogen) atoms. The summed E-state index contributed by atoms with van der Waals surface area (Å²) in [6, 6.07) is 0. The van der Waals surface area contributed by atoms with E-state index in [-0.39, 0.29) is 0 Å². The molecule has 1 aliphatic carbocycles. The van der Waals surface area contributed by atoms with Gasteiger partial charge in [0.25, 0.3) is 0 Å². The van der Waals surface area contributed by atoms with Crippen molar-refractivity contribution in [3.8, 4) is 0 Å². The number of likely N-dealkylation sites (N-methyl/N-ethyl adjacent to an activating group) is 1. The van der Waals surface area contributed by atoms with E-state index in [1.807, 2.05) is 0 Å². The van der Waals surface area contributed by atoms with Crippen LogP contribution in [-0.2, 0) is 0 Å². The number of allylic oxidation sites excluding steroid dienone is 2. The number of unbranched alkanes of at least 4 members (excludes halogenated alkanes) is 4. The Morgan fingerprint density at radius 1 is 1.12 bits per heavy atom. The topological polar surface area (TPSA) is 0 Å². The van der Waals surface area contributed by atoms with Crippen LogP contribution in [0.25, 0.3) is 0 Å². The van der Waals surface area contributed by atoms with Gasteiger partial charge in [0.2, 0.25) is 0 Å². The molecule has 0 radical (unpaired) electrons. The van der Waals surface area contributed by atoms with Gasteiger partial charge in [0, 0.05) is 5.57 Å². The van der Waals surface area contributed by atoms with Gasteiger partial charge in [-0.15, -0.1) is 0 Å². The van der Waals surface area contributed by atoms with E-state index in [4.69, 9.17) is 0 Å². The van der Waals surface area contributed by atoms with Crippen molar-refractivity contribution in [2.24, 2.45) is 0 Å². The van der Waals surface area contributed by atoms with Gasteiger partial charge in [0.15, 0.2) is 0 Å². The molecule has 1 rings (SSSR count). The Morgan fingerprint density at radius 3 is 2.50 bits per heavy atom. The monoisotopic (exact) mass is 222 g/mol. The molecular weight excluding hydrogens is 194 g/mol. The first-order valence-corrected chi connectivity index (χ1v) is 6.81. The fraction of sp³-hybridized carbons (Fsp3) is 0.733. The Bertz CT molecular complexity index is 248. The Labute approximate surface area is 101 Å². The molecule has 0 heterocycles. The standard InChI is InChI=1S/C15H28N/c1-4-5-6-7-10-13-16(2,3)14-15-11-8-9-12-15/h8,11-12H,4-7,9-10,13-14H2,1-3H3/q+1. The summed E-state index contributed by atoms with van der Waals surface area (Å²) in [5.41, 5.74) is 1.53. The van der Waals surface area contributed by atoms with Crippen molar-refractivity contribution in [2.75, 3.05) is 27.2 Å². The van der Waals surface area contributed by atoms with Crippen LogP contribution < -0.4 is 0 Å². The summed E-state index contributed by atoms with van der Waals surface area (Å²) in [6.07, 6.45) is 15.0. The minimum Gasteiger partial charge on any atom is -0.325 e. The smallest absolute Gasteiger partial charge is 0.104 e. The van der Waals surface area contributed by atoms with Gasteiger partial charge in [-0.3, -0.25) is 0 Å². The lowest BCUT2D eigenvalue weighted by atomic mass is 10.1. The SMILES string of the molecule is CCCCCCC[N+](C)(C)CC1=CCC=C1. The van der Waals surface area contributed by atoms with E-state index >= 15 is 0 Å². The molecule has 0 saturated heterocycles. The molecule has 0 unspecified atom stereocenters. The molecule has 0 atom stereocenters. The van der Waals surface area contributed by atoms with Crippen molar-refractivity contribution in [3.63, 3.8) is 0 Å². The van der Waals surface area contributed by atoms with Gasteiger partial charge in [0.05, 0.1) is 20.6 Å². The van der Waals surface area contributed by atoms with E-state index in [0.29, 0.717) is 0 Å². The molecule has 0 aromatic carbocycles. The van der Waals surface area contributed by atoms with Crippen LogP contribution >= 0.6 is 0 Å². The third-order valence-corrected chi connectivity index (χ3v) is 3.33. The van der Waals surface area contributed by atoms with Crippen LogP contribution in [0.1, 0.15) is 45.4 Å². The van der Waals surface area contributed by atoms with Crippen molar-refractivity contribution >= 4 is 0 Å². The first-order valence-electron chi connectivity index (χ1n) is 6.81. The lowest BCUT2D eigenvalue weighted by molar-refractivity contribution is -0.885. The van der Waals surface area contributed by atoms with Crippen molar-refractivity contribution in [2.45, 2.75) is 45.4 Å². The summed E-state index contributed by atoms with van der Waals surface area (Å²) < 4.78 is 1.14. The van der Waals surface area contributed by atoms with E-state index in [9.17, 15) is 0 Å². The van der Waals surface area contributed by atoms with Crippen LogP contribution in [-0.4, -0.2) is 31.7 Å². The van der Waals surface area contributed by atoms with E-state index in [1.54, 1.807) is 0 Å². The van der Waals surface area contributed by atoms with Crippen LogP contribution in [0, 0.1) is 0 Å². The second-order valence-corrected chi connectivity index (χ2v) is 5.65. The van der Waals surface area contributed by atoms with Crippen LogP contribution in [0.15, 0.2) is 23.8 Å². The summed E-state index contributed by atoms with van der Waals surface area (Å²) in [5.74, 6) is 0. The van der Waals surface area contributed by atoms with Crippen LogP contribution in [0.3, 0.4) is 0 Å². The highest BCUT2D eigenvalue weighted by Crippen LogP contribution is 2.14. The maximum atomic E-state index is 2.36. The zero-order valence-electron chi connectivity index (χ0n) is 11.3. The summed E-state index contributed by atoms with van der Waals surface area (Å²) >= 11 is 0. The average molecular weight is 222 g/mol. The minimum atomic E-state index is 1.14.